The third-order valence-corrected chi connectivity index (χ3v) is 4.28. The second-order valence-corrected chi connectivity index (χ2v) is 5.78. The highest BCUT2D eigenvalue weighted by atomic mass is 16.3. The molecular formula is C16H22N2O. The summed E-state index contributed by atoms with van der Waals surface area (Å²) in [5.74, 6) is 0.774. The predicted molar refractivity (Wildman–Crippen MR) is 75.4 cm³/mol. The van der Waals surface area contributed by atoms with E-state index in [2.05, 4.69) is 18.3 Å². The van der Waals surface area contributed by atoms with Gasteiger partial charge in [-0.2, -0.15) is 5.26 Å². The number of nitrogens with one attached hydrogen (secondary N) is 1. The van der Waals surface area contributed by atoms with Crippen molar-refractivity contribution in [1.29, 1.82) is 5.26 Å². The molecule has 1 aromatic rings. The molecule has 0 aliphatic heterocycles. The van der Waals surface area contributed by atoms with Crippen LogP contribution in [-0.4, -0.2) is 17.3 Å². The first-order chi connectivity index (χ1) is 9.17. The Bertz CT molecular complexity index is 439. The molecule has 1 aliphatic carbocycles. The fourth-order valence-electron chi connectivity index (χ4n) is 2.69. The summed E-state index contributed by atoms with van der Waals surface area (Å²) in [4.78, 5) is 0. The zero-order chi connectivity index (χ0) is 13.7. The van der Waals surface area contributed by atoms with Crippen LogP contribution in [0.25, 0.3) is 0 Å². The molecule has 0 amide bonds. The SMILES string of the molecule is CC1CCC(CO)(NCc2ccc(C#N)cc2)CC1. The monoisotopic (exact) mass is 258 g/mol. The van der Waals surface area contributed by atoms with Gasteiger partial charge in [0.1, 0.15) is 0 Å². The van der Waals surface area contributed by atoms with Crippen LogP contribution in [0.3, 0.4) is 0 Å². The number of aliphatic hydroxyl groups is 1. The predicted octanol–water partition coefficient (Wildman–Crippen LogP) is 2.59. The van der Waals surface area contributed by atoms with E-state index in [1.165, 1.54) is 12.8 Å². The Balaban J connectivity index is 1.94. The second-order valence-electron chi connectivity index (χ2n) is 5.78. The maximum Gasteiger partial charge on any atom is 0.0991 e. The van der Waals surface area contributed by atoms with Gasteiger partial charge in [-0.15, -0.1) is 0 Å². The lowest BCUT2D eigenvalue weighted by atomic mass is 9.77. The van der Waals surface area contributed by atoms with Crippen molar-refractivity contribution in [3.8, 4) is 6.07 Å². The van der Waals surface area contributed by atoms with Gasteiger partial charge in [-0.1, -0.05) is 19.1 Å². The summed E-state index contributed by atoms with van der Waals surface area (Å²) >= 11 is 0. The van der Waals surface area contributed by atoms with Crippen LogP contribution < -0.4 is 5.32 Å². The smallest absolute Gasteiger partial charge is 0.0991 e. The van der Waals surface area contributed by atoms with Crippen molar-refractivity contribution in [2.24, 2.45) is 5.92 Å². The van der Waals surface area contributed by atoms with E-state index in [0.29, 0.717) is 5.56 Å². The minimum atomic E-state index is -0.111. The Morgan fingerprint density at radius 1 is 1.32 bits per heavy atom. The normalized spacial score (nSPS) is 26.9. The van der Waals surface area contributed by atoms with E-state index in [1.807, 2.05) is 24.3 Å². The van der Waals surface area contributed by atoms with Crippen LogP contribution in [0.5, 0.6) is 0 Å². The second kappa shape index (κ2) is 6.18. The molecule has 0 atom stereocenters. The molecule has 0 radical (unpaired) electrons. The summed E-state index contributed by atoms with van der Waals surface area (Å²) in [5.41, 5.74) is 1.73. The fraction of sp³-hybridized carbons (Fsp3) is 0.562. The zero-order valence-corrected chi connectivity index (χ0v) is 11.5. The molecule has 1 aromatic carbocycles. The maximum absolute atomic E-state index is 9.68. The van der Waals surface area contributed by atoms with E-state index in [9.17, 15) is 5.11 Å². The Kier molecular flexibility index (Phi) is 4.57. The number of aliphatic hydroxyl groups excluding tert-OH is 1. The standard InChI is InChI=1S/C16H22N2O/c1-13-6-8-16(12-19,9-7-13)18-11-15-4-2-14(10-17)3-5-15/h2-5,13,18-19H,6-9,11-12H2,1H3. The molecule has 3 heteroatoms. The number of hydrogen-bond acceptors (Lipinski definition) is 3. The van der Waals surface area contributed by atoms with Crippen molar-refractivity contribution < 1.29 is 5.11 Å². The summed E-state index contributed by atoms with van der Waals surface area (Å²) in [7, 11) is 0. The third-order valence-electron chi connectivity index (χ3n) is 4.28. The lowest BCUT2D eigenvalue weighted by Gasteiger charge is -2.39. The molecule has 0 spiro atoms. The van der Waals surface area contributed by atoms with Crippen LogP contribution in [0.15, 0.2) is 24.3 Å². The summed E-state index contributed by atoms with van der Waals surface area (Å²) in [5, 5.41) is 22.0. The summed E-state index contributed by atoms with van der Waals surface area (Å²) in [6.45, 7) is 3.23. The summed E-state index contributed by atoms with van der Waals surface area (Å²) in [6.07, 6.45) is 4.45. The Labute approximate surface area is 115 Å². The van der Waals surface area contributed by atoms with Gasteiger partial charge >= 0.3 is 0 Å². The van der Waals surface area contributed by atoms with E-state index in [4.69, 9.17) is 5.26 Å². The molecule has 2 rings (SSSR count). The summed E-state index contributed by atoms with van der Waals surface area (Å²) in [6, 6.07) is 9.75. The van der Waals surface area contributed by atoms with E-state index < -0.39 is 0 Å². The topological polar surface area (TPSA) is 56.0 Å². The van der Waals surface area contributed by atoms with Crippen LogP contribution in [0.1, 0.15) is 43.7 Å². The highest BCUT2D eigenvalue weighted by molar-refractivity contribution is 5.31. The molecule has 3 nitrogen and oxygen atoms in total. The number of nitriles is 1. The maximum atomic E-state index is 9.68. The van der Waals surface area contributed by atoms with Gasteiger partial charge in [-0.3, -0.25) is 0 Å². The van der Waals surface area contributed by atoms with E-state index >= 15 is 0 Å². The van der Waals surface area contributed by atoms with Gasteiger partial charge in [0.25, 0.3) is 0 Å². The van der Waals surface area contributed by atoms with Gasteiger partial charge in [0.05, 0.1) is 18.2 Å². The molecular weight excluding hydrogens is 236 g/mol. The van der Waals surface area contributed by atoms with Crippen LogP contribution in [0.2, 0.25) is 0 Å². The van der Waals surface area contributed by atoms with Crippen molar-refractivity contribution >= 4 is 0 Å². The highest BCUT2D eigenvalue weighted by Crippen LogP contribution is 2.31. The van der Waals surface area contributed by atoms with Crippen molar-refractivity contribution in [3.63, 3.8) is 0 Å². The number of nitrogens with zero attached hydrogens (tertiary/aromatic N) is 1. The molecule has 0 bridgehead atoms. The molecule has 0 saturated heterocycles. The molecule has 0 aromatic heterocycles. The number of rotatable bonds is 4. The van der Waals surface area contributed by atoms with E-state index in [-0.39, 0.29) is 12.1 Å². The average molecular weight is 258 g/mol. The van der Waals surface area contributed by atoms with Gasteiger partial charge in [0.15, 0.2) is 0 Å². The van der Waals surface area contributed by atoms with Gasteiger partial charge in [-0.25, -0.2) is 0 Å². The number of hydrogen-bond donors (Lipinski definition) is 2. The Hall–Kier alpha value is -1.37. The quantitative estimate of drug-likeness (QED) is 0.872. The van der Waals surface area contributed by atoms with Crippen LogP contribution in [-0.2, 0) is 6.54 Å². The molecule has 102 valence electrons. The third kappa shape index (κ3) is 3.56. The molecule has 2 N–H and O–H groups in total. The van der Waals surface area contributed by atoms with Crippen LogP contribution in [0, 0.1) is 17.2 Å². The van der Waals surface area contributed by atoms with E-state index in [1.54, 1.807) is 0 Å². The molecule has 1 fully saturated rings. The van der Waals surface area contributed by atoms with Crippen molar-refractivity contribution in [3.05, 3.63) is 35.4 Å². The van der Waals surface area contributed by atoms with Crippen molar-refractivity contribution in [2.45, 2.75) is 44.7 Å². The molecule has 0 heterocycles. The molecule has 1 aliphatic rings. The lowest BCUT2D eigenvalue weighted by molar-refractivity contribution is 0.104. The first kappa shape index (κ1) is 14.0. The lowest BCUT2D eigenvalue weighted by Crippen LogP contribution is -2.50. The average Bonchev–Trinajstić information content (AvgIpc) is 2.48. The molecule has 0 unspecified atom stereocenters. The van der Waals surface area contributed by atoms with Gasteiger partial charge < -0.3 is 10.4 Å². The largest absolute Gasteiger partial charge is 0.394 e. The van der Waals surface area contributed by atoms with Gasteiger partial charge in [0, 0.05) is 12.1 Å². The minimum Gasteiger partial charge on any atom is -0.394 e. The molecule has 1 saturated carbocycles. The number of benzene rings is 1. The first-order valence-corrected chi connectivity index (χ1v) is 7.02. The van der Waals surface area contributed by atoms with Crippen molar-refractivity contribution in [1.82, 2.24) is 5.32 Å². The fourth-order valence-corrected chi connectivity index (χ4v) is 2.69. The van der Waals surface area contributed by atoms with E-state index in [0.717, 1.165) is 30.9 Å². The van der Waals surface area contributed by atoms with Crippen LogP contribution in [0.4, 0.5) is 0 Å². The van der Waals surface area contributed by atoms with Gasteiger partial charge in [0.2, 0.25) is 0 Å². The van der Waals surface area contributed by atoms with Crippen molar-refractivity contribution in [2.75, 3.05) is 6.61 Å². The Morgan fingerprint density at radius 3 is 2.47 bits per heavy atom. The first-order valence-electron chi connectivity index (χ1n) is 7.02. The summed E-state index contributed by atoms with van der Waals surface area (Å²) < 4.78 is 0. The minimum absolute atomic E-state index is 0.111. The Morgan fingerprint density at radius 2 is 1.95 bits per heavy atom. The zero-order valence-electron chi connectivity index (χ0n) is 11.5. The van der Waals surface area contributed by atoms with Crippen LogP contribution >= 0.6 is 0 Å². The van der Waals surface area contributed by atoms with Gasteiger partial charge in [-0.05, 0) is 49.3 Å². The highest BCUT2D eigenvalue weighted by Gasteiger charge is 2.32. The molecule has 19 heavy (non-hydrogen) atoms.